The van der Waals surface area contributed by atoms with Gasteiger partial charge in [-0.3, -0.25) is 4.79 Å². The van der Waals surface area contributed by atoms with E-state index in [0.717, 1.165) is 49.8 Å². The number of nitrogens with two attached hydrogens (primary N) is 1. The number of amides is 1. The highest BCUT2D eigenvalue weighted by molar-refractivity contribution is 5.86. The van der Waals surface area contributed by atoms with Crippen LogP contribution in [0.1, 0.15) is 70.4 Å². The van der Waals surface area contributed by atoms with E-state index in [2.05, 4.69) is 12.2 Å². The number of unbranched alkanes of at least 4 members (excludes halogenated alkanes) is 1. The third-order valence-electron chi connectivity index (χ3n) is 4.99. The number of carbonyl (C=O) groups excluding carboxylic acids is 1. The standard InChI is InChI=1S/C20H32N2O3/c1-4-5-13-25-17-10-9-16(14-18(17)24-3)15(2)22-19(23)20(21)11-7-6-8-12-20/h9-10,14-15H,4-8,11-13,21H2,1-3H3,(H,22,23). The average Bonchev–Trinajstić information content (AvgIpc) is 2.62. The first kappa shape index (κ1) is 19.6. The maximum Gasteiger partial charge on any atom is 0.240 e. The summed E-state index contributed by atoms with van der Waals surface area (Å²) in [6.07, 6.45) is 6.84. The number of benzene rings is 1. The molecular weight excluding hydrogens is 316 g/mol. The molecule has 5 nitrogen and oxygen atoms in total. The van der Waals surface area contributed by atoms with E-state index in [-0.39, 0.29) is 11.9 Å². The molecule has 0 saturated heterocycles. The zero-order chi connectivity index (χ0) is 18.3. The Morgan fingerprint density at radius 1 is 1.28 bits per heavy atom. The van der Waals surface area contributed by atoms with E-state index in [1.54, 1.807) is 7.11 Å². The first-order valence-corrected chi connectivity index (χ1v) is 9.40. The zero-order valence-corrected chi connectivity index (χ0v) is 15.8. The van der Waals surface area contributed by atoms with Crippen LogP contribution < -0.4 is 20.5 Å². The minimum atomic E-state index is -0.722. The Morgan fingerprint density at radius 3 is 2.64 bits per heavy atom. The van der Waals surface area contributed by atoms with E-state index in [1.165, 1.54) is 6.42 Å². The lowest BCUT2D eigenvalue weighted by Crippen LogP contribution is -2.55. The maximum absolute atomic E-state index is 12.6. The SMILES string of the molecule is CCCCOc1ccc(C(C)NC(=O)C2(N)CCCCC2)cc1OC. The van der Waals surface area contributed by atoms with Gasteiger partial charge in [0.05, 0.1) is 25.3 Å². The molecule has 1 atom stereocenters. The Labute approximate surface area is 151 Å². The fourth-order valence-electron chi connectivity index (χ4n) is 3.23. The number of hydrogen-bond acceptors (Lipinski definition) is 4. The fraction of sp³-hybridized carbons (Fsp3) is 0.650. The van der Waals surface area contributed by atoms with Gasteiger partial charge in [-0.05, 0) is 43.9 Å². The molecule has 2 rings (SSSR count). The third-order valence-corrected chi connectivity index (χ3v) is 4.99. The normalized spacial score (nSPS) is 17.6. The Kier molecular flexibility index (Phi) is 7.12. The lowest BCUT2D eigenvalue weighted by atomic mass is 9.81. The molecule has 1 unspecified atom stereocenters. The van der Waals surface area contributed by atoms with Crippen LogP contribution in [0, 0.1) is 0 Å². The van der Waals surface area contributed by atoms with Crippen LogP contribution in [-0.2, 0) is 4.79 Å². The van der Waals surface area contributed by atoms with Gasteiger partial charge in [-0.1, -0.05) is 38.7 Å². The van der Waals surface area contributed by atoms with Crippen LogP contribution in [0.4, 0.5) is 0 Å². The third kappa shape index (κ3) is 5.11. The molecule has 140 valence electrons. The predicted molar refractivity (Wildman–Crippen MR) is 100.0 cm³/mol. The molecule has 1 fully saturated rings. The minimum absolute atomic E-state index is 0.0538. The molecule has 1 aromatic carbocycles. The summed E-state index contributed by atoms with van der Waals surface area (Å²) in [6, 6.07) is 5.67. The van der Waals surface area contributed by atoms with E-state index in [4.69, 9.17) is 15.2 Å². The average molecular weight is 348 g/mol. The van der Waals surface area contributed by atoms with E-state index in [0.29, 0.717) is 12.4 Å². The Morgan fingerprint density at radius 2 is 2.00 bits per heavy atom. The monoisotopic (exact) mass is 348 g/mol. The summed E-state index contributed by atoms with van der Waals surface area (Å²) in [6.45, 7) is 4.77. The minimum Gasteiger partial charge on any atom is -0.493 e. The van der Waals surface area contributed by atoms with Gasteiger partial charge in [0.2, 0.25) is 5.91 Å². The highest BCUT2D eigenvalue weighted by Gasteiger charge is 2.35. The molecule has 1 aliphatic rings. The van der Waals surface area contributed by atoms with Crippen LogP contribution in [0.5, 0.6) is 11.5 Å². The topological polar surface area (TPSA) is 73.6 Å². The van der Waals surface area contributed by atoms with Crippen molar-refractivity contribution in [3.8, 4) is 11.5 Å². The van der Waals surface area contributed by atoms with Gasteiger partial charge in [-0.15, -0.1) is 0 Å². The second-order valence-corrected chi connectivity index (χ2v) is 7.02. The van der Waals surface area contributed by atoms with E-state index in [9.17, 15) is 4.79 Å². The van der Waals surface area contributed by atoms with Crippen molar-refractivity contribution < 1.29 is 14.3 Å². The summed E-state index contributed by atoms with van der Waals surface area (Å²) in [5, 5.41) is 3.07. The molecule has 0 heterocycles. The molecule has 1 saturated carbocycles. The molecule has 1 amide bonds. The smallest absolute Gasteiger partial charge is 0.240 e. The molecule has 3 N–H and O–H groups in total. The molecule has 1 aliphatic carbocycles. The van der Waals surface area contributed by atoms with E-state index in [1.807, 2.05) is 25.1 Å². The highest BCUT2D eigenvalue weighted by Crippen LogP contribution is 2.31. The van der Waals surface area contributed by atoms with Crippen LogP contribution >= 0.6 is 0 Å². The van der Waals surface area contributed by atoms with Gasteiger partial charge in [-0.25, -0.2) is 0 Å². The number of nitrogens with one attached hydrogen (secondary N) is 1. The summed E-state index contributed by atoms with van der Waals surface area (Å²) in [7, 11) is 1.63. The molecule has 0 radical (unpaired) electrons. The second kappa shape index (κ2) is 9.09. The lowest BCUT2D eigenvalue weighted by Gasteiger charge is -2.33. The zero-order valence-electron chi connectivity index (χ0n) is 15.8. The van der Waals surface area contributed by atoms with Crippen molar-refractivity contribution in [2.45, 2.75) is 70.4 Å². The van der Waals surface area contributed by atoms with Gasteiger partial charge in [0.1, 0.15) is 0 Å². The number of ether oxygens (including phenoxy) is 2. The van der Waals surface area contributed by atoms with E-state index < -0.39 is 5.54 Å². The summed E-state index contributed by atoms with van der Waals surface area (Å²) in [5.41, 5.74) is 6.58. The summed E-state index contributed by atoms with van der Waals surface area (Å²) in [5.74, 6) is 1.37. The highest BCUT2D eigenvalue weighted by atomic mass is 16.5. The Bertz CT molecular complexity index is 568. The van der Waals surface area contributed by atoms with E-state index >= 15 is 0 Å². The molecule has 0 aliphatic heterocycles. The fourth-order valence-corrected chi connectivity index (χ4v) is 3.23. The van der Waals surface area contributed by atoms with Gasteiger partial charge in [0.25, 0.3) is 0 Å². The van der Waals surface area contributed by atoms with Crippen molar-refractivity contribution >= 4 is 5.91 Å². The van der Waals surface area contributed by atoms with Crippen LogP contribution in [-0.4, -0.2) is 25.2 Å². The van der Waals surface area contributed by atoms with Gasteiger partial charge < -0.3 is 20.5 Å². The molecular formula is C20H32N2O3. The number of hydrogen-bond donors (Lipinski definition) is 2. The number of methoxy groups -OCH3 is 1. The van der Waals surface area contributed by atoms with Crippen LogP contribution in [0.15, 0.2) is 18.2 Å². The molecule has 0 spiro atoms. The van der Waals surface area contributed by atoms with Crippen LogP contribution in [0.25, 0.3) is 0 Å². The summed E-state index contributed by atoms with van der Waals surface area (Å²) < 4.78 is 11.2. The first-order valence-electron chi connectivity index (χ1n) is 9.40. The summed E-state index contributed by atoms with van der Waals surface area (Å²) in [4.78, 5) is 12.6. The van der Waals surface area contributed by atoms with Gasteiger partial charge in [0, 0.05) is 0 Å². The molecule has 0 bridgehead atoms. The first-order chi connectivity index (χ1) is 12.0. The number of carbonyl (C=O) groups is 1. The Balaban J connectivity index is 2.03. The number of rotatable bonds is 8. The predicted octanol–water partition coefficient (Wildman–Crippen LogP) is 3.71. The van der Waals surface area contributed by atoms with Crippen molar-refractivity contribution in [1.82, 2.24) is 5.32 Å². The summed E-state index contributed by atoms with van der Waals surface area (Å²) >= 11 is 0. The Hall–Kier alpha value is -1.75. The van der Waals surface area contributed by atoms with Crippen molar-refractivity contribution in [3.05, 3.63) is 23.8 Å². The molecule has 25 heavy (non-hydrogen) atoms. The van der Waals surface area contributed by atoms with Crippen LogP contribution in [0.2, 0.25) is 0 Å². The second-order valence-electron chi connectivity index (χ2n) is 7.02. The van der Waals surface area contributed by atoms with Gasteiger partial charge >= 0.3 is 0 Å². The largest absolute Gasteiger partial charge is 0.493 e. The van der Waals surface area contributed by atoms with Crippen molar-refractivity contribution in [3.63, 3.8) is 0 Å². The molecule has 0 aromatic heterocycles. The van der Waals surface area contributed by atoms with Crippen LogP contribution in [0.3, 0.4) is 0 Å². The van der Waals surface area contributed by atoms with Gasteiger partial charge in [0.15, 0.2) is 11.5 Å². The molecule has 5 heteroatoms. The quantitative estimate of drug-likeness (QED) is 0.702. The van der Waals surface area contributed by atoms with Crippen molar-refractivity contribution in [2.75, 3.05) is 13.7 Å². The van der Waals surface area contributed by atoms with Gasteiger partial charge in [-0.2, -0.15) is 0 Å². The van der Waals surface area contributed by atoms with Crippen molar-refractivity contribution in [2.24, 2.45) is 5.73 Å². The maximum atomic E-state index is 12.6. The molecule has 1 aromatic rings. The van der Waals surface area contributed by atoms with Crippen molar-refractivity contribution in [1.29, 1.82) is 0 Å². The lowest BCUT2D eigenvalue weighted by molar-refractivity contribution is -0.128.